The summed E-state index contributed by atoms with van der Waals surface area (Å²) in [4.78, 5) is 0.118. The van der Waals surface area contributed by atoms with E-state index in [2.05, 4.69) is 21.0 Å². The summed E-state index contributed by atoms with van der Waals surface area (Å²) >= 11 is 3.43. The molecule has 2 aliphatic rings. The van der Waals surface area contributed by atoms with Crippen LogP contribution in [-0.2, 0) is 0 Å². The van der Waals surface area contributed by atoms with Crippen LogP contribution >= 0.6 is 15.9 Å². The van der Waals surface area contributed by atoms with Gasteiger partial charge >= 0.3 is 0 Å². The summed E-state index contributed by atoms with van der Waals surface area (Å²) in [7, 11) is 0. The molecule has 0 aliphatic carbocycles. The van der Waals surface area contributed by atoms with Crippen molar-refractivity contribution in [3.8, 4) is 0 Å². The predicted octanol–water partition coefficient (Wildman–Crippen LogP) is 0.553. The molecular formula is C6H7BrN4. The standard InChI is InChI=1S/C6H7BrN4/c7-5-2-1-3-6-10(8)4-9-11(5)6/h1-5H,8H2. The fourth-order valence-corrected chi connectivity index (χ4v) is 1.51. The largest absolute Gasteiger partial charge is 0.250 e. The number of nitrogens with zero attached hydrogens (tertiary/aromatic N) is 3. The molecular weight excluding hydrogens is 208 g/mol. The van der Waals surface area contributed by atoms with Crippen LogP contribution in [0.25, 0.3) is 0 Å². The van der Waals surface area contributed by atoms with E-state index in [1.54, 1.807) is 11.3 Å². The normalized spacial score (nSPS) is 27.5. The number of hydrogen-bond acceptors (Lipinski definition) is 4. The first kappa shape index (κ1) is 6.87. The van der Waals surface area contributed by atoms with Gasteiger partial charge in [-0.25, -0.2) is 15.9 Å². The van der Waals surface area contributed by atoms with Crippen molar-refractivity contribution >= 4 is 22.3 Å². The first-order valence-corrected chi connectivity index (χ1v) is 4.10. The van der Waals surface area contributed by atoms with Gasteiger partial charge in [-0.1, -0.05) is 22.0 Å². The Morgan fingerprint density at radius 2 is 2.45 bits per heavy atom. The molecule has 2 heterocycles. The van der Waals surface area contributed by atoms with Crippen LogP contribution in [0.2, 0.25) is 0 Å². The summed E-state index contributed by atoms with van der Waals surface area (Å²) in [6, 6.07) is 0. The van der Waals surface area contributed by atoms with Gasteiger partial charge in [-0.3, -0.25) is 0 Å². The van der Waals surface area contributed by atoms with Crippen molar-refractivity contribution in [1.82, 2.24) is 10.0 Å². The maximum Gasteiger partial charge on any atom is 0.146 e. The van der Waals surface area contributed by atoms with Crippen LogP contribution in [0.15, 0.2) is 29.2 Å². The summed E-state index contributed by atoms with van der Waals surface area (Å²) in [5.41, 5.74) is 0. The highest BCUT2D eigenvalue weighted by Gasteiger charge is 2.24. The maximum absolute atomic E-state index is 5.57. The van der Waals surface area contributed by atoms with E-state index in [9.17, 15) is 0 Å². The highest BCUT2D eigenvalue weighted by atomic mass is 79.9. The topological polar surface area (TPSA) is 44.9 Å². The second kappa shape index (κ2) is 2.35. The average molecular weight is 215 g/mol. The minimum atomic E-state index is 0.118. The Morgan fingerprint density at radius 1 is 1.64 bits per heavy atom. The molecule has 4 nitrogen and oxygen atoms in total. The summed E-state index contributed by atoms with van der Waals surface area (Å²) in [5.74, 6) is 6.45. The lowest BCUT2D eigenvalue weighted by Crippen LogP contribution is -2.33. The Hall–Kier alpha value is -0.810. The molecule has 11 heavy (non-hydrogen) atoms. The van der Waals surface area contributed by atoms with E-state index >= 15 is 0 Å². The van der Waals surface area contributed by atoms with Crippen LogP contribution in [-0.4, -0.2) is 21.3 Å². The molecule has 58 valence electrons. The van der Waals surface area contributed by atoms with E-state index in [-0.39, 0.29) is 4.95 Å². The van der Waals surface area contributed by atoms with E-state index < -0.39 is 0 Å². The van der Waals surface area contributed by atoms with Gasteiger partial charge < -0.3 is 0 Å². The highest BCUT2D eigenvalue weighted by Crippen LogP contribution is 2.24. The number of hydrogen-bond donors (Lipinski definition) is 1. The molecule has 0 saturated carbocycles. The molecule has 0 aromatic rings. The monoisotopic (exact) mass is 214 g/mol. The predicted molar refractivity (Wildman–Crippen MR) is 46.3 cm³/mol. The van der Waals surface area contributed by atoms with Gasteiger partial charge in [-0.05, 0) is 12.2 Å². The molecule has 0 bridgehead atoms. The molecule has 0 amide bonds. The molecule has 0 fully saturated rings. The van der Waals surface area contributed by atoms with E-state index in [1.165, 1.54) is 5.01 Å². The van der Waals surface area contributed by atoms with E-state index in [0.717, 1.165) is 5.82 Å². The Labute approximate surface area is 72.7 Å². The number of hydrazine groups is 1. The van der Waals surface area contributed by atoms with Crippen molar-refractivity contribution in [3.05, 3.63) is 24.0 Å². The molecule has 2 N–H and O–H groups in total. The van der Waals surface area contributed by atoms with Gasteiger partial charge in [0.25, 0.3) is 0 Å². The van der Waals surface area contributed by atoms with Crippen LogP contribution in [0, 0.1) is 0 Å². The number of hydrazone groups is 1. The van der Waals surface area contributed by atoms with Gasteiger partial charge in [0.15, 0.2) is 0 Å². The quantitative estimate of drug-likeness (QED) is 0.364. The second-order valence-electron chi connectivity index (χ2n) is 2.27. The number of rotatable bonds is 0. The van der Waals surface area contributed by atoms with Gasteiger partial charge in [0.05, 0.1) is 0 Å². The van der Waals surface area contributed by atoms with Crippen LogP contribution in [0.3, 0.4) is 0 Å². The fraction of sp³-hybridized carbons (Fsp3) is 0.167. The third kappa shape index (κ3) is 0.965. The minimum absolute atomic E-state index is 0.118. The van der Waals surface area contributed by atoms with Crippen molar-refractivity contribution in [2.75, 3.05) is 0 Å². The Balaban J connectivity index is 2.33. The van der Waals surface area contributed by atoms with Crippen molar-refractivity contribution in [2.24, 2.45) is 10.9 Å². The zero-order chi connectivity index (χ0) is 7.84. The molecule has 2 rings (SSSR count). The number of fused-ring (bicyclic) bond motifs is 1. The smallest absolute Gasteiger partial charge is 0.146 e. The van der Waals surface area contributed by atoms with Gasteiger partial charge in [0, 0.05) is 0 Å². The second-order valence-corrected chi connectivity index (χ2v) is 3.20. The lowest BCUT2D eigenvalue weighted by atomic mass is 10.3. The average Bonchev–Trinajstić information content (AvgIpc) is 2.35. The lowest BCUT2D eigenvalue weighted by molar-refractivity contribution is 0.331. The third-order valence-corrected chi connectivity index (χ3v) is 2.24. The molecule has 0 spiro atoms. The number of allylic oxidation sites excluding steroid dienone is 2. The van der Waals surface area contributed by atoms with Crippen molar-refractivity contribution in [3.63, 3.8) is 0 Å². The first-order chi connectivity index (χ1) is 5.29. The van der Waals surface area contributed by atoms with Crippen molar-refractivity contribution in [1.29, 1.82) is 0 Å². The molecule has 0 saturated heterocycles. The lowest BCUT2D eigenvalue weighted by Gasteiger charge is -2.24. The summed E-state index contributed by atoms with van der Waals surface area (Å²) < 4.78 is 0. The van der Waals surface area contributed by atoms with Crippen LogP contribution in [0.4, 0.5) is 0 Å². The molecule has 0 aromatic heterocycles. The van der Waals surface area contributed by atoms with E-state index in [4.69, 9.17) is 5.84 Å². The number of halogens is 1. The highest BCUT2D eigenvalue weighted by molar-refractivity contribution is 9.09. The minimum Gasteiger partial charge on any atom is -0.250 e. The summed E-state index contributed by atoms with van der Waals surface area (Å²) in [5, 5.41) is 7.34. The Morgan fingerprint density at radius 3 is 3.18 bits per heavy atom. The molecule has 1 unspecified atom stereocenters. The third-order valence-electron chi connectivity index (χ3n) is 1.55. The first-order valence-electron chi connectivity index (χ1n) is 3.19. The van der Waals surface area contributed by atoms with Gasteiger partial charge in [-0.2, -0.15) is 5.10 Å². The van der Waals surface area contributed by atoms with Gasteiger partial charge in [0.2, 0.25) is 0 Å². The summed E-state index contributed by atoms with van der Waals surface area (Å²) in [6.45, 7) is 0. The molecule has 0 aromatic carbocycles. The van der Waals surface area contributed by atoms with Gasteiger partial charge in [-0.15, -0.1) is 0 Å². The molecule has 0 radical (unpaired) electrons. The summed E-state index contributed by atoms with van der Waals surface area (Å²) in [6.07, 6.45) is 7.41. The van der Waals surface area contributed by atoms with E-state index in [1.807, 2.05) is 18.2 Å². The number of alkyl halides is 1. The molecule has 2 aliphatic heterocycles. The Bertz CT molecular complexity index is 257. The number of nitrogens with two attached hydrogens (primary N) is 1. The van der Waals surface area contributed by atoms with Crippen molar-refractivity contribution < 1.29 is 0 Å². The van der Waals surface area contributed by atoms with Crippen LogP contribution in [0.5, 0.6) is 0 Å². The molecule has 5 heteroatoms. The van der Waals surface area contributed by atoms with Crippen molar-refractivity contribution in [2.45, 2.75) is 4.95 Å². The maximum atomic E-state index is 5.57. The zero-order valence-electron chi connectivity index (χ0n) is 5.68. The fourth-order valence-electron chi connectivity index (χ4n) is 1.02. The van der Waals surface area contributed by atoms with Crippen LogP contribution < -0.4 is 5.84 Å². The Kier molecular flexibility index (Phi) is 1.47. The SMILES string of the molecule is NN1C=NN2C1=CC=CC2Br. The van der Waals surface area contributed by atoms with Gasteiger partial charge in [0.1, 0.15) is 17.1 Å². The van der Waals surface area contributed by atoms with E-state index in [0.29, 0.717) is 0 Å². The van der Waals surface area contributed by atoms with Crippen LogP contribution in [0.1, 0.15) is 0 Å². The molecule has 1 atom stereocenters. The zero-order valence-corrected chi connectivity index (χ0v) is 7.27.